The number of aromatic nitrogens is 4. The van der Waals surface area contributed by atoms with Gasteiger partial charge in [-0.25, -0.2) is 9.97 Å². The fourth-order valence-corrected chi connectivity index (χ4v) is 2.73. The molecule has 0 saturated heterocycles. The van der Waals surface area contributed by atoms with Gasteiger partial charge in [-0.15, -0.1) is 0 Å². The molecular formula is C19H17N5O2. The molecular weight excluding hydrogens is 330 g/mol. The van der Waals surface area contributed by atoms with Gasteiger partial charge in [0.2, 0.25) is 0 Å². The lowest BCUT2D eigenvalue weighted by atomic mass is 10.2. The number of furan rings is 1. The lowest BCUT2D eigenvalue weighted by Gasteiger charge is -2.04. The molecule has 0 bridgehead atoms. The molecule has 1 N–H and O–H groups in total. The van der Waals surface area contributed by atoms with Crippen LogP contribution in [0.4, 0.5) is 0 Å². The molecule has 1 amide bonds. The van der Waals surface area contributed by atoms with E-state index in [1.807, 2.05) is 37.3 Å². The van der Waals surface area contributed by atoms with Crippen LogP contribution < -0.4 is 5.32 Å². The summed E-state index contributed by atoms with van der Waals surface area (Å²) in [6, 6.07) is 9.49. The molecule has 0 unspecified atom stereocenters. The van der Waals surface area contributed by atoms with Crippen molar-refractivity contribution in [1.29, 1.82) is 0 Å². The van der Waals surface area contributed by atoms with Gasteiger partial charge in [-0.3, -0.25) is 14.2 Å². The van der Waals surface area contributed by atoms with Gasteiger partial charge in [0, 0.05) is 42.3 Å². The van der Waals surface area contributed by atoms with Crippen LogP contribution in [0.15, 0.2) is 59.7 Å². The van der Waals surface area contributed by atoms with Gasteiger partial charge >= 0.3 is 0 Å². The first-order valence-electron chi connectivity index (χ1n) is 8.28. The molecule has 26 heavy (non-hydrogen) atoms. The monoisotopic (exact) mass is 347 g/mol. The summed E-state index contributed by atoms with van der Waals surface area (Å²) in [6.45, 7) is 2.41. The molecule has 0 spiro atoms. The van der Waals surface area contributed by atoms with E-state index in [1.165, 1.54) is 0 Å². The van der Waals surface area contributed by atoms with Crippen LogP contribution in [-0.2, 0) is 6.42 Å². The van der Waals surface area contributed by atoms with Gasteiger partial charge in [0.1, 0.15) is 12.1 Å². The summed E-state index contributed by atoms with van der Waals surface area (Å²) in [5.74, 6) is 0.546. The molecule has 4 aromatic heterocycles. The van der Waals surface area contributed by atoms with Crippen molar-refractivity contribution in [3.05, 3.63) is 72.4 Å². The van der Waals surface area contributed by atoms with Crippen molar-refractivity contribution in [2.24, 2.45) is 0 Å². The second-order valence-electron chi connectivity index (χ2n) is 5.89. The summed E-state index contributed by atoms with van der Waals surface area (Å²) >= 11 is 0. The van der Waals surface area contributed by atoms with Crippen LogP contribution in [-0.4, -0.2) is 31.8 Å². The Labute approximate surface area is 149 Å². The summed E-state index contributed by atoms with van der Waals surface area (Å²) < 4.78 is 7.14. The van der Waals surface area contributed by atoms with Crippen LogP contribution in [0.1, 0.15) is 21.9 Å². The first kappa shape index (κ1) is 16.0. The molecule has 4 heterocycles. The van der Waals surface area contributed by atoms with E-state index in [0.717, 1.165) is 22.7 Å². The molecule has 0 saturated carbocycles. The van der Waals surface area contributed by atoms with E-state index in [4.69, 9.17) is 4.42 Å². The Morgan fingerprint density at radius 3 is 2.88 bits per heavy atom. The standard InChI is InChI=1S/C19H17N5O2/c1-13-6-8-20-18-17(23-12-24(13)18)19(25)21-9-7-15-5-4-14(11-22-15)16-3-2-10-26-16/h2-6,8,10-12H,7,9H2,1H3,(H,21,25). The fraction of sp³-hybridized carbons (Fsp3) is 0.158. The minimum atomic E-state index is -0.238. The number of carbonyl (C=O) groups is 1. The highest BCUT2D eigenvalue weighted by Gasteiger charge is 2.14. The molecule has 4 aromatic rings. The third-order valence-corrected chi connectivity index (χ3v) is 4.15. The molecule has 7 heteroatoms. The summed E-state index contributed by atoms with van der Waals surface area (Å²) in [4.78, 5) is 25.2. The SMILES string of the molecule is Cc1ccnc2c(C(=O)NCCc3ccc(-c4ccco4)cn3)ncn12. The van der Waals surface area contributed by atoms with Crippen molar-refractivity contribution in [3.63, 3.8) is 0 Å². The third-order valence-electron chi connectivity index (χ3n) is 4.15. The number of carbonyl (C=O) groups excluding carboxylic acids is 1. The number of nitrogens with one attached hydrogen (secondary N) is 1. The second-order valence-corrected chi connectivity index (χ2v) is 5.89. The van der Waals surface area contributed by atoms with Crippen LogP contribution in [0.25, 0.3) is 17.0 Å². The van der Waals surface area contributed by atoms with E-state index in [0.29, 0.717) is 24.3 Å². The summed E-state index contributed by atoms with van der Waals surface area (Å²) in [5.41, 5.74) is 3.68. The zero-order valence-corrected chi connectivity index (χ0v) is 14.2. The first-order chi connectivity index (χ1) is 12.7. The van der Waals surface area contributed by atoms with Crippen molar-refractivity contribution in [2.45, 2.75) is 13.3 Å². The van der Waals surface area contributed by atoms with E-state index in [1.54, 1.807) is 29.4 Å². The van der Waals surface area contributed by atoms with Gasteiger partial charge < -0.3 is 9.73 Å². The average molecular weight is 347 g/mol. The molecule has 0 aromatic carbocycles. The van der Waals surface area contributed by atoms with Crippen LogP contribution in [0.5, 0.6) is 0 Å². The molecule has 0 aliphatic heterocycles. The number of fused-ring (bicyclic) bond motifs is 1. The number of hydrogen-bond acceptors (Lipinski definition) is 5. The Morgan fingerprint density at radius 2 is 2.12 bits per heavy atom. The molecule has 0 aliphatic rings. The summed E-state index contributed by atoms with van der Waals surface area (Å²) in [6.07, 6.45) is 7.32. The van der Waals surface area contributed by atoms with E-state index >= 15 is 0 Å². The number of pyridine rings is 1. The topological polar surface area (TPSA) is 85.3 Å². The van der Waals surface area contributed by atoms with Gasteiger partial charge in [0.05, 0.1) is 6.26 Å². The van der Waals surface area contributed by atoms with Crippen LogP contribution in [0, 0.1) is 6.92 Å². The highest BCUT2D eigenvalue weighted by atomic mass is 16.3. The smallest absolute Gasteiger partial charge is 0.273 e. The van der Waals surface area contributed by atoms with E-state index in [9.17, 15) is 4.79 Å². The van der Waals surface area contributed by atoms with E-state index < -0.39 is 0 Å². The zero-order valence-electron chi connectivity index (χ0n) is 14.2. The van der Waals surface area contributed by atoms with Gasteiger partial charge in [-0.1, -0.05) is 0 Å². The fourth-order valence-electron chi connectivity index (χ4n) is 2.73. The van der Waals surface area contributed by atoms with Gasteiger partial charge in [-0.05, 0) is 37.3 Å². The quantitative estimate of drug-likeness (QED) is 0.600. The number of rotatable bonds is 5. The maximum absolute atomic E-state index is 12.4. The van der Waals surface area contributed by atoms with Crippen molar-refractivity contribution in [3.8, 4) is 11.3 Å². The average Bonchev–Trinajstić information content (AvgIpc) is 3.33. The normalized spacial score (nSPS) is 11.0. The molecule has 4 rings (SSSR count). The highest BCUT2D eigenvalue weighted by Crippen LogP contribution is 2.18. The Balaban J connectivity index is 1.38. The van der Waals surface area contributed by atoms with Gasteiger partial charge in [0.15, 0.2) is 11.3 Å². The van der Waals surface area contributed by atoms with Crippen molar-refractivity contribution >= 4 is 11.6 Å². The Hall–Kier alpha value is -3.48. The number of hydrogen-bond donors (Lipinski definition) is 1. The van der Waals surface area contributed by atoms with Crippen LogP contribution >= 0.6 is 0 Å². The number of imidazole rings is 1. The molecule has 130 valence electrons. The Morgan fingerprint density at radius 1 is 1.19 bits per heavy atom. The summed E-state index contributed by atoms with van der Waals surface area (Å²) in [5, 5.41) is 2.87. The second kappa shape index (κ2) is 6.79. The van der Waals surface area contributed by atoms with E-state index in [-0.39, 0.29) is 5.91 Å². The largest absolute Gasteiger partial charge is 0.464 e. The maximum atomic E-state index is 12.4. The lowest BCUT2D eigenvalue weighted by Crippen LogP contribution is -2.26. The number of aryl methyl sites for hydroxylation is 1. The molecule has 0 aliphatic carbocycles. The predicted molar refractivity (Wildman–Crippen MR) is 95.7 cm³/mol. The van der Waals surface area contributed by atoms with Crippen LogP contribution in [0.2, 0.25) is 0 Å². The molecule has 7 nitrogen and oxygen atoms in total. The van der Waals surface area contributed by atoms with E-state index in [2.05, 4.69) is 20.3 Å². The van der Waals surface area contributed by atoms with Gasteiger partial charge in [-0.2, -0.15) is 0 Å². The molecule has 0 fully saturated rings. The minimum Gasteiger partial charge on any atom is -0.464 e. The van der Waals surface area contributed by atoms with Crippen molar-refractivity contribution < 1.29 is 9.21 Å². The Kier molecular flexibility index (Phi) is 4.18. The van der Waals surface area contributed by atoms with Gasteiger partial charge in [0.25, 0.3) is 5.91 Å². The molecule has 0 atom stereocenters. The third kappa shape index (κ3) is 3.06. The molecule has 0 radical (unpaired) electrons. The zero-order chi connectivity index (χ0) is 17.9. The first-order valence-corrected chi connectivity index (χ1v) is 8.28. The van der Waals surface area contributed by atoms with Crippen LogP contribution in [0.3, 0.4) is 0 Å². The highest BCUT2D eigenvalue weighted by molar-refractivity contribution is 5.97. The number of nitrogens with zero attached hydrogens (tertiary/aromatic N) is 4. The van der Waals surface area contributed by atoms with Crippen molar-refractivity contribution in [1.82, 2.24) is 24.7 Å². The minimum absolute atomic E-state index is 0.238. The maximum Gasteiger partial charge on any atom is 0.273 e. The van der Waals surface area contributed by atoms with Crippen molar-refractivity contribution in [2.75, 3.05) is 6.54 Å². The summed E-state index contributed by atoms with van der Waals surface area (Å²) in [7, 11) is 0. The number of amides is 1. The predicted octanol–water partition coefficient (Wildman–Crippen LogP) is 2.67. The lowest BCUT2D eigenvalue weighted by molar-refractivity contribution is 0.0951. The Bertz CT molecular complexity index is 1040.